The zero-order chi connectivity index (χ0) is 18.9. The normalized spacial score (nSPS) is 10.7. The molecule has 0 unspecified atom stereocenters. The van der Waals surface area contributed by atoms with Crippen molar-refractivity contribution in [3.8, 4) is 0 Å². The second kappa shape index (κ2) is 10.1. The van der Waals surface area contributed by atoms with Gasteiger partial charge in [0.05, 0.1) is 11.1 Å². The highest BCUT2D eigenvalue weighted by Gasteiger charge is 2.06. The Hall–Kier alpha value is -2.02. The van der Waals surface area contributed by atoms with Gasteiger partial charge in [0.15, 0.2) is 0 Å². The topological polar surface area (TPSA) is 135 Å². The van der Waals surface area contributed by atoms with Crippen LogP contribution in [0.2, 0.25) is 0 Å². The van der Waals surface area contributed by atoms with Crippen LogP contribution in [-0.2, 0) is 10.1 Å². The van der Waals surface area contributed by atoms with Gasteiger partial charge < -0.3 is 0 Å². The maximum Gasteiger partial charge on any atom is 0.294 e. The first kappa shape index (κ1) is 21.0. The van der Waals surface area contributed by atoms with Crippen LogP contribution in [0.5, 0.6) is 0 Å². The van der Waals surface area contributed by atoms with Crippen molar-refractivity contribution >= 4 is 44.9 Å². The average molecular weight is 476 g/mol. The minimum absolute atomic E-state index is 0.0666. The summed E-state index contributed by atoms with van der Waals surface area (Å²) in [4.78, 5) is -0.0666. The number of nitrogens with zero attached hydrogens (tertiary/aromatic N) is 1. The standard InChI is InChI=1S/C8H9IN4O.C7H8O3S/c9-7-4-2-1-3-6(7)5-11-12-8(10)13-14;1-6-2-4-7(5-3-6)11(8,9)10/h1-5,14H,(H3,10,12,13);2-5H,1H3,(H,8,9,10). The van der Waals surface area contributed by atoms with E-state index in [-0.39, 0.29) is 10.9 Å². The number of hydrogen-bond donors (Lipinski definition) is 5. The summed E-state index contributed by atoms with van der Waals surface area (Å²) in [6, 6.07) is 13.7. The average Bonchev–Trinajstić information content (AvgIpc) is 2.56. The summed E-state index contributed by atoms with van der Waals surface area (Å²) in [5, 5.41) is 19.0. The molecule has 0 amide bonds. The molecule has 8 nitrogen and oxygen atoms in total. The van der Waals surface area contributed by atoms with Gasteiger partial charge in [-0.25, -0.2) is 10.9 Å². The number of hydrogen-bond acceptors (Lipinski definition) is 5. The Morgan fingerprint density at radius 1 is 1.20 bits per heavy atom. The predicted octanol–water partition coefficient (Wildman–Crippen LogP) is 2.37. The molecule has 2 aromatic carbocycles. The molecule has 0 saturated heterocycles. The molecule has 0 radical (unpaired) electrons. The smallest absolute Gasteiger partial charge is 0.288 e. The van der Waals surface area contributed by atoms with E-state index in [1.54, 1.807) is 23.8 Å². The summed E-state index contributed by atoms with van der Waals surface area (Å²) in [6.45, 7) is 1.84. The Labute approximate surface area is 159 Å². The van der Waals surface area contributed by atoms with Gasteiger partial charge in [-0.2, -0.15) is 13.5 Å². The molecule has 0 heterocycles. The third-order valence-electron chi connectivity index (χ3n) is 2.72. The molecule has 0 fully saturated rings. The minimum atomic E-state index is -4.02. The van der Waals surface area contributed by atoms with Crippen molar-refractivity contribution in [1.29, 1.82) is 5.41 Å². The van der Waals surface area contributed by atoms with E-state index in [1.807, 2.05) is 31.2 Å². The highest BCUT2D eigenvalue weighted by Crippen LogP contribution is 2.09. The second-order valence-corrected chi connectivity index (χ2v) is 7.25. The molecule has 25 heavy (non-hydrogen) atoms. The summed E-state index contributed by atoms with van der Waals surface area (Å²) >= 11 is 2.19. The van der Waals surface area contributed by atoms with E-state index in [0.717, 1.165) is 14.7 Å². The van der Waals surface area contributed by atoms with E-state index in [2.05, 4.69) is 33.1 Å². The summed E-state index contributed by atoms with van der Waals surface area (Å²) < 4.78 is 30.6. The molecular formula is C15H17IN4O4S. The van der Waals surface area contributed by atoms with Crippen molar-refractivity contribution in [2.75, 3.05) is 0 Å². The monoisotopic (exact) mass is 476 g/mol. The molecule has 0 saturated carbocycles. The minimum Gasteiger partial charge on any atom is -0.288 e. The molecule has 2 aromatic rings. The van der Waals surface area contributed by atoms with Gasteiger partial charge >= 0.3 is 0 Å². The number of rotatable bonds is 3. The Kier molecular flexibility index (Phi) is 8.48. The van der Waals surface area contributed by atoms with Crippen molar-refractivity contribution in [3.63, 3.8) is 0 Å². The first-order valence-corrected chi connectivity index (χ1v) is 9.32. The van der Waals surface area contributed by atoms with E-state index in [0.29, 0.717) is 0 Å². The predicted molar refractivity (Wildman–Crippen MR) is 104 cm³/mol. The number of nitrogens with one attached hydrogen (secondary N) is 3. The Bertz CT molecular complexity index is 839. The van der Waals surface area contributed by atoms with Crippen LogP contribution >= 0.6 is 22.6 Å². The lowest BCUT2D eigenvalue weighted by Crippen LogP contribution is -2.30. The number of hydrazone groups is 1. The summed E-state index contributed by atoms with van der Waals surface area (Å²) in [5.41, 5.74) is 5.82. The van der Waals surface area contributed by atoms with Crippen LogP contribution in [0.3, 0.4) is 0 Å². The maximum atomic E-state index is 10.5. The van der Waals surface area contributed by atoms with Crippen molar-refractivity contribution in [1.82, 2.24) is 10.9 Å². The van der Waals surface area contributed by atoms with E-state index < -0.39 is 10.1 Å². The third kappa shape index (κ3) is 8.07. The summed E-state index contributed by atoms with van der Waals surface area (Å²) in [5.74, 6) is -0.271. The van der Waals surface area contributed by atoms with E-state index in [9.17, 15) is 8.42 Å². The number of hydroxylamine groups is 1. The van der Waals surface area contributed by atoms with Crippen molar-refractivity contribution in [2.45, 2.75) is 11.8 Å². The molecule has 134 valence electrons. The zero-order valence-electron chi connectivity index (χ0n) is 13.1. The Balaban J connectivity index is 0.000000257. The molecule has 10 heteroatoms. The molecule has 0 spiro atoms. The van der Waals surface area contributed by atoms with Gasteiger partial charge in [-0.1, -0.05) is 35.9 Å². The lowest BCUT2D eigenvalue weighted by molar-refractivity contribution is 0.228. The molecule has 2 rings (SSSR count). The van der Waals surface area contributed by atoms with Crippen LogP contribution in [0.15, 0.2) is 58.5 Å². The quantitative estimate of drug-likeness (QED) is 0.152. The first-order valence-electron chi connectivity index (χ1n) is 6.80. The Morgan fingerprint density at radius 3 is 2.32 bits per heavy atom. The fourth-order valence-electron chi connectivity index (χ4n) is 1.48. The number of benzene rings is 2. The Morgan fingerprint density at radius 2 is 1.80 bits per heavy atom. The van der Waals surface area contributed by atoms with Crippen LogP contribution < -0.4 is 10.9 Å². The molecule has 0 aliphatic carbocycles. The largest absolute Gasteiger partial charge is 0.294 e. The number of guanidine groups is 1. The van der Waals surface area contributed by atoms with Crippen molar-refractivity contribution in [2.24, 2.45) is 5.10 Å². The van der Waals surface area contributed by atoms with E-state index >= 15 is 0 Å². The van der Waals surface area contributed by atoms with Crippen LogP contribution in [-0.4, -0.2) is 30.4 Å². The van der Waals surface area contributed by atoms with Crippen molar-refractivity contribution < 1.29 is 18.2 Å². The van der Waals surface area contributed by atoms with E-state index in [4.69, 9.17) is 15.2 Å². The maximum absolute atomic E-state index is 10.5. The molecule has 0 bridgehead atoms. The molecule has 0 aliphatic rings. The molecule has 0 aromatic heterocycles. The van der Waals surface area contributed by atoms with Gasteiger partial charge in [-0.3, -0.25) is 15.2 Å². The van der Waals surface area contributed by atoms with E-state index in [1.165, 1.54) is 12.1 Å². The van der Waals surface area contributed by atoms with Crippen LogP contribution in [0.25, 0.3) is 0 Å². The molecule has 0 atom stereocenters. The van der Waals surface area contributed by atoms with Gasteiger partial charge in [0.2, 0.25) is 5.96 Å². The lowest BCUT2D eigenvalue weighted by atomic mass is 10.2. The second-order valence-electron chi connectivity index (χ2n) is 4.67. The SMILES string of the molecule is Cc1ccc(S(=O)(=O)O)cc1.N=C(NO)NN=Cc1ccccc1I. The fraction of sp³-hybridized carbons (Fsp3) is 0.0667. The van der Waals surface area contributed by atoms with Gasteiger partial charge in [0.1, 0.15) is 0 Å². The van der Waals surface area contributed by atoms with Crippen LogP contribution in [0, 0.1) is 15.9 Å². The van der Waals surface area contributed by atoms with Crippen molar-refractivity contribution in [3.05, 3.63) is 63.2 Å². The summed E-state index contributed by atoms with van der Waals surface area (Å²) in [7, 11) is -4.02. The fourth-order valence-corrected chi connectivity index (χ4v) is 2.49. The van der Waals surface area contributed by atoms with Gasteiger partial charge in [-0.15, -0.1) is 0 Å². The third-order valence-corrected chi connectivity index (χ3v) is 4.57. The number of halogens is 1. The van der Waals surface area contributed by atoms with Gasteiger partial charge in [-0.05, 0) is 47.7 Å². The van der Waals surface area contributed by atoms with Gasteiger partial charge in [0, 0.05) is 9.13 Å². The van der Waals surface area contributed by atoms with Gasteiger partial charge in [0.25, 0.3) is 10.1 Å². The zero-order valence-corrected chi connectivity index (χ0v) is 16.1. The highest BCUT2D eigenvalue weighted by molar-refractivity contribution is 14.1. The van der Waals surface area contributed by atoms with Crippen LogP contribution in [0.1, 0.15) is 11.1 Å². The lowest BCUT2D eigenvalue weighted by Gasteiger charge is -1.99. The highest BCUT2D eigenvalue weighted by atomic mass is 127. The summed E-state index contributed by atoms with van der Waals surface area (Å²) in [6.07, 6.45) is 1.58. The molecular weight excluding hydrogens is 459 g/mol. The first-order chi connectivity index (χ1) is 11.7. The molecule has 5 N–H and O–H groups in total. The molecule has 0 aliphatic heterocycles. The number of aryl methyl sites for hydroxylation is 1. The van der Waals surface area contributed by atoms with Crippen LogP contribution in [0.4, 0.5) is 0 Å².